The third kappa shape index (κ3) is 13.2. The van der Waals surface area contributed by atoms with Crippen molar-refractivity contribution in [2.45, 2.75) is 19.6 Å². The van der Waals surface area contributed by atoms with Gasteiger partial charge in [0.25, 0.3) is 0 Å². The van der Waals surface area contributed by atoms with E-state index >= 15 is 0 Å². The van der Waals surface area contributed by atoms with E-state index in [9.17, 15) is 0 Å². The first-order valence-corrected chi connectivity index (χ1v) is 48.9. The van der Waals surface area contributed by atoms with Gasteiger partial charge in [-0.1, -0.05) is 310 Å². The first kappa shape index (κ1) is 76.1. The third-order valence-corrected chi connectivity index (χ3v) is 30.0. The number of fused-ring (bicyclic) bond motifs is 23. The van der Waals surface area contributed by atoms with Crippen molar-refractivity contribution in [3.8, 4) is 22.3 Å². The summed E-state index contributed by atoms with van der Waals surface area (Å²) in [6, 6.07) is 161. The van der Waals surface area contributed by atoms with Gasteiger partial charge in [-0.3, -0.25) is 0 Å². The maximum atomic E-state index is 6.55. The second kappa shape index (κ2) is 31.3. The molecule has 0 saturated carbocycles. The Morgan fingerprint density at radius 3 is 0.969 bits per heavy atom. The molecule has 0 aliphatic heterocycles. The number of hydrogen-bond donors (Lipinski definition) is 0. The van der Waals surface area contributed by atoms with E-state index in [1.165, 1.54) is 127 Å². The molecule has 0 aliphatic carbocycles. The van der Waals surface area contributed by atoms with Crippen molar-refractivity contribution < 1.29 is 8.83 Å². The highest BCUT2D eigenvalue weighted by Crippen LogP contribution is 2.52. The summed E-state index contributed by atoms with van der Waals surface area (Å²) >= 11 is 3.80. The molecule has 25 aromatic rings. The maximum Gasteiger partial charge on any atom is 0.159 e. The molecule has 0 fully saturated rings. The molecule has 21 aromatic carbocycles. The molecule has 25 rings (SSSR count). The average molecular weight is 1690 g/mol. The second-order valence-corrected chi connectivity index (χ2v) is 41.4. The maximum absolute atomic E-state index is 6.55. The fourth-order valence-electron chi connectivity index (χ4n) is 19.4. The van der Waals surface area contributed by atoms with Crippen molar-refractivity contribution in [3.63, 3.8) is 0 Å². The van der Waals surface area contributed by atoms with E-state index in [-0.39, 0.29) is 0 Å². The molecule has 4 aromatic heterocycles. The molecule has 0 radical (unpaired) electrons. The molecule has 0 spiro atoms. The van der Waals surface area contributed by atoms with Gasteiger partial charge in [0, 0.05) is 130 Å². The molecule has 0 N–H and O–H groups in total. The number of thiophene rings is 2. The first-order valence-electron chi connectivity index (χ1n) is 43.7. The molecular formula is C119H82N4O2S2Si. The lowest BCUT2D eigenvalue weighted by Crippen LogP contribution is -2.37. The molecule has 606 valence electrons. The lowest BCUT2D eigenvalue weighted by Gasteiger charge is -2.26. The standard InChI is InChI=1S/C60H38N2OS.C59H44N2OSSi/c1-3-16-43(17-4-1)61(46-32-28-39-14-7-8-15-41(39)36-46)47-33-35-53-57(38-47)64-60-52-34-29-42(37-54(52)48-20-9-10-22-50(48)58(53)60)40-26-30-45(31-27-40)62(44-18-5-2-6-19-44)55-24-13-23-51-49-21-11-12-25-56(49)63-59(51)55;1-64(2,3)46-33-30-43(31-34-46)60(41-15-6-4-7-16-41)45-32-36-52-56(38-45)63-59-51-35-27-40(37-53(51)47-19-10-11-21-49(47)57(52)59)39-25-28-44(29-26-39)61(42-17-8-5-9-18-42)54-23-14-22-50-48-20-12-13-24-55(48)62-58(50)54/h1-38H;4-38H,1-3H3. The van der Waals surface area contributed by atoms with Crippen molar-refractivity contribution >= 4 is 242 Å². The van der Waals surface area contributed by atoms with Gasteiger partial charge in [0.15, 0.2) is 11.2 Å². The molecule has 0 saturated heterocycles. The van der Waals surface area contributed by atoms with Gasteiger partial charge in [-0.05, 0) is 223 Å². The van der Waals surface area contributed by atoms with Crippen LogP contribution in [0.1, 0.15) is 0 Å². The van der Waals surface area contributed by atoms with Crippen LogP contribution in [-0.2, 0) is 0 Å². The molecule has 0 aliphatic rings. The topological polar surface area (TPSA) is 39.2 Å². The molecule has 0 bridgehead atoms. The van der Waals surface area contributed by atoms with Crippen LogP contribution in [0.15, 0.2) is 452 Å². The van der Waals surface area contributed by atoms with E-state index < -0.39 is 8.07 Å². The van der Waals surface area contributed by atoms with Gasteiger partial charge in [-0.15, -0.1) is 22.7 Å². The summed E-state index contributed by atoms with van der Waals surface area (Å²) in [5, 5.41) is 23.8. The number of hydrogen-bond acceptors (Lipinski definition) is 8. The lowest BCUT2D eigenvalue weighted by atomic mass is 9.94. The predicted molar refractivity (Wildman–Crippen MR) is 553 cm³/mol. The van der Waals surface area contributed by atoms with Crippen molar-refractivity contribution in [2.24, 2.45) is 0 Å². The molecule has 4 heterocycles. The highest BCUT2D eigenvalue weighted by atomic mass is 32.1. The van der Waals surface area contributed by atoms with Crippen molar-refractivity contribution in [1.82, 2.24) is 0 Å². The fourth-order valence-corrected chi connectivity index (χ4v) is 23.2. The minimum absolute atomic E-state index is 0.875. The normalized spacial score (nSPS) is 11.9. The Bertz CT molecular complexity index is 8620. The molecule has 6 nitrogen and oxygen atoms in total. The van der Waals surface area contributed by atoms with Crippen LogP contribution in [0.5, 0.6) is 0 Å². The van der Waals surface area contributed by atoms with Crippen LogP contribution in [0, 0.1) is 0 Å². The summed E-state index contributed by atoms with van der Waals surface area (Å²) in [6.07, 6.45) is 0. The number of para-hydroxylation sites is 8. The van der Waals surface area contributed by atoms with E-state index in [2.05, 4.69) is 458 Å². The van der Waals surface area contributed by atoms with Crippen LogP contribution < -0.4 is 24.8 Å². The van der Waals surface area contributed by atoms with Crippen LogP contribution in [0.4, 0.5) is 68.2 Å². The number of nitrogens with zero attached hydrogens (tertiary/aromatic N) is 4. The Morgan fingerprint density at radius 1 is 0.203 bits per heavy atom. The summed E-state index contributed by atoms with van der Waals surface area (Å²) in [5.74, 6) is 0. The average Bonchev–Trinajstić information content (AvgIpc) is 1.54. The van der Waals surface area contributed by atoms with Crippen molar-refractivity contribution in [1.29, 1.82) is 0 Å². The van der Waals surface area contributed by atoms with Gasteiger partial charge in [0.1, 0.15) is 11.2 Å². The zero-order valence-corrected chi connectivity index (χ0v) is 73.2. The van der Waals surface area contributed by atoms with Crippen LogP contribution in [0.25, 0.3) is 160 Å². The van der Waals surface area contributed by atoms with Gasteiger partial charge in [-0.2, -0.15) is 0 Å². The van der Waals surface area contributed by atoms with Crippen LogP contribution in [0.2, 0.25) is 19.6 Å². The van der Waals surface area contributed by atoms with Crippen molar-refractivity contribution in [3.05, 3.63) is 443 Å². The lowest BCUT2D eigenvalue weighted by molar-refractivity contribution is 0.668. The Kier molecular flexibility index (Phi) is 18.6. The molecule has 9 heteroatoms. The highest BCUT2D eigenvalue weighted by molar-refractivity contribution is 7.27. The van der Waals surface area contributed by atoms with Crippen LogP contribution >= 0.6 is 22.7 Å². The fraction of sp³-hybridized carbons (Fsp3) is 0.0252. The molecular weight excluding hydrogens is 1610 g/mol. The first-order chi connectivity index (χ1) is 63.1. The van der Waals surface area contributed by atoms with Gasteiger partial charge in [-0.25, -0.2) is 0 Å². The Hall–Kier alpha value is -15.6. The zero-order valence-electron chi connectivity index (χ0n) is 70.6. The summed E-state index contributed by atoms with van der Waals surface area (Å²) in [5.41, 5.74) is 21.4. The van der Waals surface area contributed by atoms with Gasteiger partial charge >= 0.3 is 0 Å². The molecule has 0 amide bonds. The minimum Gasteiger partial charge on any atom is -0.454 e. The Balaban J connectivity index is 0.000000143. The monoisotopic (exact) mass is 1690 g/mol. The molecule has 0 unspecified atom stereocenters. The smallest absolute Gasteiger partial charge is 0.159 e. The quantitative estimate of drug-likeness (QED) is 0.0752. The van der Waals surface area contributed by atoms with Gasteiger partial charge < -0.3 is 28.4 Å². The predicted octanol–water partition coefficient (Wildman–Crippen LogP) is 35.4. The van der Waals surface area contributed by atoms with E-state index in [1.807, 2.05) is 46.9 Å². The summed E-state index contributed by atoms with van der Waals surface area (Å²) < 4.78 is 18.3. The van der Waals surface area contributed by atoms with Crippen LogP contribution in [0.3, 0.4) is 0 Å². The zero-order chi connectivity index (χ0) is 85.1. The van der Waals surface area contributed by atoms with E-state index in [0.717, 1.165) is 106 Å². The highest BCUT2D eigenvalue weighted by Gasteiger charge is 2.27. The number of benzene rings is 21. The molecule has 128 heavy (non-hydrogen) atoms. The SMILES string of the molecule is C[Si](C)(C)c1ccc(N(c2ccccc2)c2ccc3c(c2)sc2c4ccc(-c5ccc(N(c6ccccc6)c6cccc7c6oc6ccccc67)cc5)cc4c4ccccc4c32)cc1.c1ccc(N(c2ccc3ccccc3c2)c2ccc3c(c2)sc2c4ccc(-c5ccc(N(c6ccccc6)c6cccc7c6oc6ccccc67)cc5)cc4c4ccccc4c32)cc1. The van der Waals surface area contributed by atoms with Crippen LogP contribution in [-0.4, -0.2) is 8.07 Å². The number of rotatable bonds is 15. The van der Waals surface area contributed by atoms with Gasteiger partial charge in [0.05, 0.1) is 19.4 Å². The summed E-state index contributed by atoms with van der Waals surface area (Å²) in [4.78, 5) is 9.37. The van der Waals surface area contributed by atoms with E-state index in [4.69, 9.17) is 8.83 Å². The van der Waals surface area contributed by atoms with Gasteiger partial charge in [0.2, 0.25) is 0 Å². The molecule has 0 atom stereocenters. The number of furan rings is 2. The van der Waals surface area contributed by atoms with E-state index in [0.29, 0.717) is 0 Å². The minimum atomic E-state index is -1.44. The largest absolute Gasteiger partial charge is 0.454 e. The Morgan fingerprint density at radius 2 is 0.523 bits per heavy atom. The Labute approximate surface area is 749 Å². The number of anilines is 12. The third-order valence-electron chi connectivity index (χ3n) is 25.6. The summed E-state index contributed by atoms with van der Waals surface area (Å²) in [6.45, 7) is 7.22. The van der Waals surface area contributed by atoms with Crippen molar-refractivity contribution in [2.75, 3.05) is 19.6 Å². The summed E-state index contributed by atoms with van der Waals surface area (Å²) in [7, 11) is -1.44. The second-order valence-electron chi connectivity index (χ2n) is 34.2. The van der Waals surface area contributed by atoms with E-state index in [1.54, 1.807) is 0 Å².